The molecule has 0 bridgehead atoms. The van der Waals surface area contributed by atoms with Crippen molar-refractivity contribution < 1.29 is 0 Å². The molecule has 5 nitrogen and oxygen atoms in total. The highest BCUT2D eigenvalue weighted by molar-refractivity contribution is 6.10. The maximum atomic E-state index is 9.89. The summed E-state index contributed by atoms with van der Waals surface area (Å²) in [6.45, 7) is 0. The first-order chi connectivity index (χ1) is 25.2. The first-order valence-electron chi connectivity index (χ1n) is 16.8. The molecule has 9 aromatic rings. The molecule has 5 heteroatoms. The van der Waals surface area contributed by atoms with Gasteiger partial charge in [-0.3, -0.25) is 0 Å². The lowest BCUT2D eigenvalue weighted by atomic mass is 10.0. The van der Waals surface area contributed by atoms with Crippen LogP contribution in [0.15, 0.2) is 176 Å². The first kappa shape index (κ1) is 29.9. The van der Waals surface area contributed by atoms with Gasteiger partial charge < -0.3 is 4.57 Å². The molecule has 0 amide bonds. The van der Waals surface area contributed by atoms with Gasteiger partial charge in [-0.15, -0.1) is 0 Å². The van der Waals surface area contributed by atoms with Crippen LogP contribution in [0.3, 0.4) is 0 Å². The number of rotatable bonds is 6. The van der Waals surface area contributed by atoms with Crippen LogP contribution in [0.1, 0.15) is 5.56 Å². The summed E-state index contributed by atoms with van der Waals surface area (Å²) in [6, 6.07) is 62.2. The molecule has 0 saturated heterocycles. The summed E-state index contributed by atoms with van der Waals surface area (Å²) < 4.78 is 2.26. The Labute approximate surface area is 295 Å². The van der Waals surface area contributed by atoms with Gasteiger partial charge in [-0.25, -0.2) is 15.0 Å². The molecule has 0 aliphatic rings. The Hall–Kier alpha value is -7.16. The largest absolute Gasteiger partial charge is 0.309 e. The van der Waals surface area contributed by atoms with E-state index in [2.05, 4.69) is 114 Å². The van der Waals surface area contributed by atoms with Gasteiger partial charge in [0, 0.05) is 33.0 Å². The van der Waals surface area contributed by atoms with Crippen molar-refractivity contribution in [1.29, 1.82) is 5.26 Å². The number of hydrogen-bond donors (Lipinski definition) is 0. The van der Waals surface area contributed by atoms with Gasteiger partial charge in [-0.05, 0) is 41.0 Å². The summed E-state index contributed by atoms with van der Waals surface area (Å²) in [6.07, 6.45) is 0. The van der Waals surface area contributed by atoms with Crippen molar-refractivity contribution >= 4 is 21.8 Å². The van der Waals surface area contributed by atoms with Crippen LogP contribution >= 0.6 is 0 Å². The van der Waals surface area contributed by atoms with Crippen LogP contribution in [0.25, 0.3) is 83.9 Å². The molecule has 0 N–H and O–H groups in total. The van der Waals surface area contributed by atoms with Crippen molar-refractivity contribution in [3.63, 3.8) is 0 Å². The van der Waals surface area contributed by atoms with Crippen LogP contribution in [0.4, 0.5) is 0 Å². The predicted octanol–water partition coefficient (Wildman–Crippen LogP) is 11.2. The van der Waals surface area contributed by atoms with Crippen LogP contribution in [-0.2, 0) is 0 Å². The normalized spacial score (nSPS) is 11.1. The van der Waals surface area contributed by atoms with E-state index < -0.39 is 0 Å². The van der Waals surface area contributed by atoms with E-state index in [1.54, 1.807) is 0 Å². The fraction of sp³-hybridized carbons (Fsp3) is 0. The van der Waals surface area contributed by atoms with Crippen LogP contribution in [0.5, 0.6) is 0 Å². The van der Waals surface area contributed by atoms with Crippen LogP contribution in [-0.4, -0.2) is 19.5 Å². The molecule has 2 aromatic heterocycles. The summed E-state index contributed by atoms with van der Waals surface area (Å²) in [5.41, 5.74) is 10.7. The molecular formula is C46H29N5. The standard InChI is InChI=1S/C46H29N5/c47-30-31-20-26-40-39-18-10-11-19-41(39)51(42(40)28-31)43-29-37(25-27-38(43)34-14-6-2-7-15-34)46-49-44(35-16-8-3-9-17-35)48-45(50-46)36-23-21-33(22-24-36)32-12-4-1-5-13-32/h1-29H. The molecule has 0 spiro atoms. The zero-order valence-electron chi connectivity index (χ0n) is 27.5. The Morgan fingerprint density at radius 2 is 0.882 bits per heavy atom. The second kappa shape index (κ2) is 12.7. The van der Waals surface area contributed by atoms with Crippen molar-refractivity contribution in [2.75, 3.05) is 0 Å². The minimum atomic E-state index is 0.574. The first-order valence-corrected chi connectivity index (χ1v) is 16.8. The zero-order valence-corrected chi connectivity index (χ0v) is 27.5. The Bertz CT molecular complexity index is 2730. The summed E-state index contributed by atoms with van der Waals surface area (Å²) >= 11 is 0. The third-order valence-corrected chi connectivity index (χ3v) is 9.30. The Morgan fingerprint density at radius 3 is 1.55 bits per heavy atom. The van der Waals surface area contributed by atoms with Crippen molar-refractivity contribution in [3.8, 4) is 68.2 Å². The molecule has 0 aliphatic carbocycles. The minimum Gasteiger partial charge on any atom is -0.309 e. The Morgan fingerprint density at radius 1 is 0.392 bits per heavy atom. The third kappa shape index (κ3) is 5.51. The highest BCUT2D eigenvalue weighted by Crippen LogP contribution is 2.38. The highest BCUT2D eigenvalue weighted by Gasteiger charge is 2.19. The number of nitriles is 1. The average Bonchev–Trinajstić information content (AvgIpc) is 3.55. The fourth-order valence-electron chi connectivity index (χ4n) is 6.81. The molecule has 7 aromatic carbocycles. The van der Waals surface area contributed by atoms with Gasteiger partial charge in [0.25, 0.3) is 0 Å². The molecule has 238 valence electrons. The van der Waals surface area contributed by atoms with Gasteiger partial charge in [0.05, 0.1) is 28.4 Å². The van der Waals surface area contributed by atoms with Crippen molar-refractivity contribution in [3.05, 3.63) is 181 Å². The molecule has 0 fully saturated rings. The number of hydrogen-bond acceptors (Lipinski definition) is 4. The highest BCUT2D eigenvalue weighted by atomic mass is 15.0. The van der Waals surface area contributed by atoms with Crippen LogP contribution in [0, 0.1) is 11.3 Å². The molecule has 0 unspecified atom stereocenters. The molecule has 0 saturated carbocycles. The Kier molecular flexibility index (Phi) is 7.46. The SMILES string of the molecule is N#Cc1ccc2c3ccccc3n(-c3cc(-c4nc(-c5ccccc5)nc(-c5ccc(-c6ccccc6)cc5)n4)ccc3-c3ccccc3)c2c1. The molecule has 0 aliphatic heterocycles. The van der Waals surface area contributed by atoms with E-state index in [9.17, 15) is 5.26 Å². The van der Waals surface area contributed by atoms with E-state index in [1.165, 1.54) is 0 Å². The van der Waals surface area contributed by atoms with E-state index in [0.29, 0.717) is 23.0 Å². The van der Waals surface area contributed by atoms with Gasteiger partial charge in [0.2, 0.25) is 0 Å². The summed E-state index contributed by atoms with van der Waals surface area (Å²) in [4.78, 5) is 15.2. The lowest BCUT2D eigenvalue weighted by molar-refractivity contribution is 1.07. The number of fused-ring (bicyclic) bond motifs is 3. The topological polar surface area (TPSA) is 67.4 Å². The molecule has 51 heavy (non-hydrogen) atoms. The van der Waals surface area contributed by atoms with Gasteiger partial charge in [0.1, 0.15) is 0 Å². The Balaban J connectivity index is 1.27. The smallest absolute Gasteiger partial charge is 0.164 e. The second-order valence-corrected chi connectivity index (χ2v) is 12.4. The summed E-state index contributed by atoms with van der Waals surface area (Å²) in [7, 11) is 0. The summed E-state index contributed by atoms with van der Waals surface area (Å²) in [5, 5.41) is 12.1. The monoisotopic (exact) mass is 651 g/mol. The summed E-state index contributed by atoms with van der Waals surface area (Å²) in [5.74, 6) is 1.78. The van der Waals surface area contributed by atoms with Gasteiger partial charge in [0.15, 0.2) is 17.5 Å². The lowest BCUT2D eigenvalue weighted by Gasteiger charge is -2.16. The van der Waals surface area contributed by atoms with Gasteiger partial charge in [-0.2, -0.15) is 5.26 Å². The van der Waals surface area contributed by atoms with Crippen LogP contribution < -0.4 is 0 Å². The molecule has 0 atom stereocenters. The number of para-hydroxylation sites is 1. The molecule has 0 radical (unpaired) electrons. The van der Waals surface area contributed by atoms with Crippen LogP contribution in [0.2, 0.25) is 0 Å². The van der Waals surface area contributed by atoms with Gasteiger partial charge >= 0.3 is 0 Å². The number of aromatic nitrogens is 4. The average molecular weight is 652 g/mol. The second-order valence-electron chi connectivity index (χ2n) is 12.4. The predicted molar refractivity (Wildman–Crippen MR) is 206 cm³/mol. The maximum absolute atomic E-state index is 9.89. The molecular weight excluding hydrogens is 623 g/mol. The van der Waals surface area contributed by atoms with Crippen molar-refractivity contribution in [2.24, 2.45) is 0 Å². The number of benzene rings is 7. The minimum absolute atomic E-state index is 0.574. The van der Waals surface area contributed by atoms with E-state index >= 15 is 0 Å². The van der Waals surface area contributed by atoms with Crippen molar-refractivity contribution in [1.82, 2.24) is 19.5 Å². The fourth-order valence-corrected chi connectivity index (χ4v) is 6.81. The van der Waals surface area contributed by atoms with E-state index in [0.717, 1.165) is 66.4 Å². The lowest BCUT2D eigenvalue weighted by Crippen LogP contribution is -2.02. The molecule has 9 rings (SSSR count). The van der Waals surface area contributed by atoms with E-state index in [1.807, 2.05) is 72.8 Å². The van der Waals surface area contributed by atoms with E-state index in [-0.39, 0.29) is 0 Å². The number of nitrogens with zero attached hydrogens (tertiary/aromatic N) is 5. The zero-order chi connectivity index (χ0) is 34.1. The quantitative estimate of drug-likeness (QED) is 0.179. The molecule has 2 heterocycles. The third-order valence-electron chi connectivity index (χ3n) is 9.30. The van der Waals surface area contributed by atoms with Gasteiger partial charge in [-0.1, -0.05) is 152 Å². The van der Waals surface area contributed by atoms with E-state index in [4.69, 9.17) is 15.0 Å². The van der Waals surface area contributed by atoms with Crippen molar-refractivity contribution in [2.45, 2.75) is 0 Å². The maximum Gasteiger partial charge on any atom is 0.164 e.